The van der Waals surface area contributed by atoms with Gasteiger partial charge in [0.05, 0.1) is 6.61 Å². The first-order valence-electron chi connectivity index (χ1n) is 13.4. The normalized spacial score (nSPS) is 29.3. The van der Waals surface area contributed by atoms with Crippen LogP contribution in [0.3, 0.4) is 0 Å². The van der Waals surface area contributed by atoms with Crippen LogP contribution in [0.2, 0.25) is 0 Å². The second kappa shape index (κ2) is 10.7. The summed E-state index contributed by atoms with van der Waals surface area (Å²) >= 11 is 0. The summed E-state index contributed by atoms with van der Waals surface area (Å²) in [6.07, 6.45) is 7.95. The first kappa shape index (κ1) is 26.7. The van der Waals surface area contributed by atoms with Crippen LogP contribution >= 0.6 is 0 Å². The van der Waals surface area contributed by atoms with E-state index in [9.17, 15) is 14.4 Å². The second-order valence-electron chi connectivity index (χ2n) is 11.5. The average Bonchev–Trinajstić information content (AvgIpc) is 3.31. The highest BCUT2D eigenvalue weighted by Gasteiger charge is 2.63. The fourth-order valence-corrected chi connectivity index (χ4v) is 6.80. The molecule has 0 spiro atoms. The maximum atomic E-state index is 13.0. The molecule has 6 nitrogen and oxygen atoms in total. The van der Waals surface area contributed by atoms with Crippen molar-refractivity contribution in [1.29, 1.82) is 0 Å². The first-order valence-corrected chi connectivity index (χ1v) is 13.4. The molecule has 0 aromatic heterocycles. The Kier molecular flexibility index (Phi) is 7.30. The Morgan fingerprint density at radius 1 is 0.872 bits per heavy atom. The molecule has 0 amide bonds. The Morgan fingerprint density at radius 2 is 1.44 bits per heavy atom. The van der Waals surface area contributed by atoms with Crippen LogP contribution in [0.25, 0.3) is 12.2 Å². The minimum atomic E-state index is -0.696. The lowest BCUT2D eigenvalue weighted by atomic mass is 9.47. The summed E-state index contributed by atoms with van der Waals surface area (Å²) < 4.78 is 17.6. The fraction of sp³-hybridized carbons (Fsp3) is 0.364. The predicted octanol–water partition coefficient (Wildman–Crippen LogP) is 5.79. The van der Waals surface area contributed by atoms with Gasteiger partial charge in [-0.1, -0.05) is 87.5 Å². The minimum absolute atomic E-state index is 0.0824. The van der Waals surface area contributed by atoms with Gasteiger partial charge in [-0.15, -0.1) is 0 Å². The van der Waals surface area contributed by atoms with Gasteiger partial charge in [-0.2, -0.15) is 0 Å². The average molecular weight is 527 g/mol. The molecule has 1 saturated carbocycles. The molecule has 0 bridgehead atoms. The van der Waals surface area contributed by atoms with Crippen molar-refractivity contribution < 1.29 is 28.6 Å². The lowest BCUT2D eigenvalue weighted by Crippen LogP contribution is -2.61. The molecule has 0 N–H and O–H groups in total. The fourth-order valence-electron chi connectivity index (χ4n) is 6.80. The standard InChI is InChI=1S/C33H34O6/c1-32(2)27-17-16-24-25(21-37-31(24)36)33(27,3)20-26(38-28(34)18-14-22-10-6-4-7-11-22)30(32)39-29(35)19-15-23-12-8-5-9-13-23/h4-16,18-19,25-27,30H,17,20-21H2,1-3H3/b18-14+,19-15+/t25?,26-,27?,30+,33-/m1/s1. The maximum Gasteiger partial charge on any atom is 0.334 e. The molecule has 5 rings (SSSR count). The summed E-state index contributed by atoms with van der Waals surface area (Å²) in [5.41, 5.74) is 1.54. The van der Waals surface area contributed by atoms with E-state index in [4.69, 9.17) is 14.2 Å². The molecule has 1 heterocycles. The van der Waals surface area contributed by atoms with Crippen molar-refractivity contribution in [2.45, 2.75) is 45.8 Å². The molecule has 2 fully saturated rings. The van der Waals surface area contributed by atoms with E-state index in [1.807, 2.05) is 66.7 Å². The largest absolute Gasteiger partial charge is 0.462 e. The zero-order valence-corrected chi connectivity index (χ0v) is 22.5. The third-order valence-electron chi connectivity index (χ3n) is 8.70. The van der Waals surface area contributed by atoms with Crippen LogP contribution < -0.4 is 0 Å². The molecule has 3 aliphatic rings. The Labute approximate surface area is 229 Å². The van der Waals surface area contributed by atoms with Gasteiger partial charge in [0.2, 0.25) is 0 Å². The van der Waals surface area contributed by atoms with Crippen LogP contribution in [0.5, 0.6) is 0 Å². The van der Waals surface area contributed by atoms with E-state index in [1.165, 1.54) is 12.2 Å². The SMILES string of the molecule is CC1(C)C2CC=C3C(=O)OCC3[C@@]2(C)C[C@@H](OC(=O)/C=C/c2ccccc2)[C@@H]1OC(=O)/C=C/c1ccccc1. The summed E-state index contributed by atoms with van der Waals surface area (Å²) in [5.74, 6) is -1.28. The van der Waals surface area contributed by atoms with Gasteiger partial charge in [0.15, 0.2) is 0 Å². The van der Waals surface area contributed by atoms with Crippen LogP contribution in [0.4, 0.5) is 0 Å². The summed E-state index contributed by atoms with van der Waals surface area (Å²) in [6, 6.07) is 19.0. The quantitative estimate of drug-likeness (QED) is 0.269. The Bertz CT molecular complexity index is 1320. The predicted molar refractivity (Wildman–Crippen MR) is 148 cm³/mol. The number of carbonyl (C=O) groups excluding carboxylic acids is 3. The Morgan fingerprint density at radius 3 is 2.03 bits per heavy atom. The number of fused-ring (bicyclic) bond motifs is 3. The lowest BCUT2D eigenvalue weighted by Gasteiger charge is -2.59. The van der Waals surface area contributed by atoms with E-state index in [2.05, 4.69) is 20.8 Å². The zero-order valence-electron chi connectivity index (χ0n) is 22.5. The van der Waals surface area contributed by atoms with E-state index in [0.29, 0.717) is 25.0 Å². The number of rotatable bonds is 6. The molecule has 0 radical (unpaired) electrons. The van der Waals surface area contributed by atoms with Crippen molar-refractivity contribution in [1.82, 2.24) is 0 Å². The molecular weight excluding hydrogens is 492 g/mol. The summed E-state index contributed by atoms with van der Waals surface area (Å²) in [4.78, 5) is 38.5. The van der Waals surface area contributed by atoms with Gasteiger partial charge in [0.25, 0.3) is 0 Å². The summed E-state index contributed by atoms with van der Waals surface area (Å²) in [6.45, 7) is 6.58. The van der Waals surface area contributed by atoms with Crippen molar-refractivity contribution in [2.24, 2.45) is 22.7 Å². The molecular formula is C33H34O6. The molecule has 6 heteroatoms. The van der Waals surface area contributed by atoms with Crippen LogP contribution in [-0.2, 0) is 28.6 Å². The monoisotopic (exact) mass is 526 g/mol. The third kappa shape index (κ3) is 5.33. The van der Waals surface area contributed by atoms with Gasteiger partial charge in [0, 0.05) is 29.1 Å². The molecule has 202 valence electrons. The highest BCUT2D eigenvalue weighted by atomic mass is 16.6. The molecule has 2 unspecified atom stereocenters. The smallest absolute Gasteiger partial charge is 0.334 e. The number of cyclic esters (lactones) is 1. The maximum absolute atomic E-state index is 13.0. The van der Waals surface area contributed by atoms with E-state index in [0.717, 1.165) is 11.1 Å². The van der Waals surface area contributed by atoms with Crippen LogP contribution in [0.15, 0.2) is 84.5 Å². The van der Waals surface area contributed by atoms with Gasteiger partial charge in [0.1, 0.15) is 12.2 Å². The number of ether oxygens (including phenoxy) is 3. The number of allylic oxidation sites excluding steroid dienone is 1. The summed E-state index contributed by atoms with van der Waals surface area (Å²) in [5, 5.41) is 0. The number of hydrogen-bond acceptors (Lipinski definition) is 6. The molecule has 2 aliphatic carbocycles. The van der Waals surface area contributed by atoms with Gasteiger partial charge in [-0.25, -0.2) is 14.4 Å². The molecule has 1 aliphatic heterocycles. The van der Waals surface area contributed by atoms with Crippen molar-refractivity contribution in [2.75, 3.05) is 6.61 Å². The minimum Gasteiger partial charge on any atom is -0.462 e. The highest BCUT2D eigenvalue weighted by Crippen LogP contribution is 2.61. The molecule has 39 heavy (non-hydrogen) atoms. The highest BCUT2D eigenvalue weighted by molar-refractivity contribution is 5.91. The molecule has 5 atom stereocenters. The first-order chi connectivity index (χ1) is 18.7. The number of carbonyl (C=O) groups is 3. The van der Waals surface area contributed by atoms with E-state index >= 15 is 0 Å². The van der Waals surface area contributed by atoms with Gasteiger partial charge < -0.3 is 14.2 Å². The summed E-state index contributed by atoms with van der Waals surface area (Å²) in [7, 11) is 0. The topological polar surface area (TPSA) is 78.9 Å². The number of hydrogen-bond donors (Lipinski definition) is 0. The molecule has 2 aromatic carbocycles. The molecule has 1 saturated heterocycles. The van der Waals surface area contributed by atoms with Crippen molar-refractivity contribution in [3.63, 3.8) is 0 Å². The molecule has 2 aromatic rings. The van der Waals surface area contributed by atoms with Crippen molar-refractivity contribution >= 4 is 30.1 Å². The number of benzene rings is 2. The van der Waals surface area contributed by atoms with Crippen LogP contribution in [0.1, 0.15) is 44.7 Å². The number of esters is 3. The second-order valence-corrected chi connectivity index (χ2v) is 11.5. The van der Waals surface area contributed by atoms with E-state index in [-0.39, 0.29) is 23.2 Å². The van der Waals surface area contributed by atoms with Crippen molar-refractivity contribution in [3.8, 4) is 0 Å². The van der Waals surface area contributed by atoms with Crippen LogP contribution in [0, 0.1) is 22.7 Å². The zero-order chi connectivity index (χ0) is 27.6. The van der Waals surface area contributed by atoms with E-state index in [1.54, 1.807) is 12.2 Å². The lowest BCUT2D eigenvalue weighted by molar-refractivity contribution is -0.208. The Hall–Kier alpha value is -3.93. The van der Waals surface area contributed by atoms with E-state index < -0.39 is 29.6 Å². The van der Waals surface area contributed by atoms with Gasteiger partial charge in [-0.05, 0) is 47.5 Å². The van der Waals surface area contributed by atoms with Gasteiger partial charge in [-0.3, -0.25) is 0 Å². The third-order valence-corrected chi connectivity index (χ3v) is 8.70. The van der Waals surface area contributed by atoms with Crippen molar-refractivity contribution in [3.05, 3.63) is 95.6 Å². The van der Waals surface area contributed by atoms with Crippen LogP contribution in [-0.4, -0.2) is 36.7 Å². The Balaban J connectivity index is 1.42. The van der Waals surface area contributed by atoms with Gasteiger partial charge >= 0.3 is 17.9 Å².